The minimum Gasteiger partial charge on any atom is -0.373 e. The van der Waals surface area contributed by atoms with Crippen LogP contribution in [-0.4, -0.2) is 18.6 Å². The van der Waals surface area contributed by atoms with Crippen molar-refractivity contribution in [1.82, 2.24) is 4.98 Å². The fourth-order valence-corrected chi connectivity index (χ4v) is 1.65. The first-order valence-electron chi connectivity index (χ1n) is 6.22. The molecule has 1 atom stereocenters. The molecule has 0 unspecified atom stereocenters. The Morgan fingerprint density at radius 2 is 2.29 bits per heavy atom. The number of nitrogens with two attached hydrogens (primary N) is 1. The highest BCUT2D eigenvalue weighted by Gasteiger charge is 2.06. The fraction of sp³-hybridized carbons (Fsp3) is 0.500. The number of allylic oxidation sites excluding steroid dienone is 1. The molecule has 0 aliphatic rings. The van der Waals surface area contributed by atoms with Crippen LogP contribution in [0.4, 0.5) is 5.69 Å². The lowest BCUT2D eigenvalue weighted by molar-refractivity contribution is 0.675. The van der Waals surface area contributed by atoms with Gasteiger partial charge in [-0.2, -0.15) is 0 Å². The van der Waals surface area contributed by atoms with E-state index >= 15 is 0 Å². The van der Waals surface area contributed by atoms with E-state index in [1.807, 2.05) is 18.3 Å². The lowest BCUT2D eigenvalue weighted by Gasteiger charge is -2.19. The van der Waals surface area contributed by atoms with Crippen LogP contribution in [0.1, 0.15) is 37.9 Å². The number of rotatable bonds is 7. The molecule has 3 heteroatoms. The summed E-state index contributed by atoms with van der Waals surface area (Å²) in [6.45, 7) is 6.82. The number of hydrogen-bond donors (Lipinski definition) is 1. The van der Waals surface area contributed by atoms with Crippen molar-refractivity contribution in [2.45, 2.75) is 32.2 Å². The molecule has 1 heterocycles. The second kappa shape index (κ2) is 7.07. The van der Waals surface area contributed by atoms with E-state index in [2.05, 4.69) is 36.5 Å². The van der Waals surface area contributed by atoms with Crippen LogP contribution in [0, 0.1) is 0 Å². The highest BCUT2D eigenvalue weighted by molar-refractivity contribution is 5.43. The molecule has 0 spiro atoms. The molecule has 94 valence electrons. The molecule has 1 aromatic rings. The van der Waals surface area contributed by atoms with Gasteiger partial charge in [-0.1, -0.05) is 13.0 Å². The van der Waals surface area contributed by atoms with Gasteiger partial charge in [0, 0.05) is 19.6 Å². The summed E-state index contributed by atoms with van der Waals surface area (Å²) in [7, 11) is 2.08. The number of pyridine rings is 1. The first-order chi connectivity index (χ1) is 8.19. The van der Waals surface area contributed by atoms with Crippen LogP contribution in [0.15, 0.2) is 31.0 Å². The Kier molecular flexibility index (Phi) is 5.70. The molecule has 0 aliphatic heterocycles. The van der Waals surface area contributed by atoms with Gasteiger partial charge in [0.25, 0.3) is 0 Å². The maximum Gasteiger partial charge on any atom is 0.0572 e. The SMILES string of the molecule is C=CCCCN(C)c1ccc([C@H](N)CC)nc1. The predicted octanol–water partition coefficient (Wildman–Crippen LogP) is 2.89. The van der Waals surface area contributed by atoms with Gasteiger partial charge in [-0.25, -0.2) is 0 Å². The minimum atomic E-state index is 0.0510. The second-order valence-electron chi connectivity index (χ2n) is 4.31. The summed E-state index contributed by atoms with van der Waals surface area (Å²) in [5.74, 6) is 0. The Morgan fingerprint density at radius 3 is 2.82 bits per heavy atom. The summed E-state index contributed by atoms with van der Waals surface area (Å²) in [6, 6.07) is 4.16. The van der Waals surface area contributed by atoms with Crippen LogP contribution >= 0.6 is 0 Å². The summed E-state index contributed by atoms with van der Waals surface area (Å²) in [4.78, 5) is 6.62. The van der Waals surface area contributed by atoms with E-state index < -0.39 is 0 Å². The zero-order valence-electron chi connectivity index (χ0n) is 10.9. The van der Waals surface area contributed by atoms with Crippen LogP contribution < -0.4 is 10.6 Å². The molecule has 0 amide bonds. The molecular formula is C14H23N3. The number of anilines is 1. The van der Waals surface area contributed by atoms with Gasteiger partial charge < -0.3 is 10.6 Å². The molecule has 0 radical (unpaired) electrons. The highest BCUT2D eigenvalue weighted by atomic mass is 15.1. The number of hydrogen-bond acceptors (Lipinski definition) is 3. The maximum absolute atomic E-state index is 5.93. The maximum atomic E-state index is 5.93. The summed E-state index contributed by atoms with van der Waals surface area (Å²) >= 11 is 0. The van der Waals surface area contributed by atoms with Crippen LogP contribution in [0.5, 0.6) is 0 Å². The Hall–Kier alpha value is -1.35. The third-order valence-corrected chi connectivity index (χ3v) is 2.93. The minimum absolute atomic E-state index is 0.0510. The van der Waals surface area contributed by atoms with E-state index in [1.54, 1.807) is 0 Å². The molecule has 1 rings (SSSR count). The van der Waals surface area contributed by atoms with Gasteiger partial charge in [0.15, 0.2) is 0 Å². The summed E-state index contributed by atoms with van der Waals surface area (Å²) in [5, 5.41) is 0. The van der Waals surface area contributed by atoms with Crippen LogP contribution in [0.25, 0.3) is 0 Å². The zero-order chi connectivity index (χ0) is 12.7. The largest absolute Gasteiger partial charge is 0.373 e. The monoisotopic (exact) mass is 233 g/mol. The van der Waals surface area contributed by atoms with Gasteiger partial charge in [-0.15, -0.1) is 6.58 Å². The first kappa shape index (κ1) is 13.7. The second-order valence-corrected chi connectivity index (χ2v) is 4.31. The average molecular weight is 233 g/mol. The number of nitrogens with zero attached hydrogens (tertiary/aromatic N) is 2. The topological polar surface area (TPSA) is 42.1 Å². The smallest absolute Gasteiger partial charge is 0.0572 e. The molecule has 17 heavy (non-hydrogen) atoms. The average Bonchev–Trinajstić information content (AvgIpc) is 2.38. The van der Waals surface area contributed by atoms with Gasteiger partial charge in [0.05, 0.1) is 17.6 Å². The Morgan fingerprint density at radius 1 is 1.53 bits per heavy atom. The molecule has 0 bridgehead atoms. The molecule has 0 fully saturated rings. The normalized spacial score (nSPS) is 12.2. The van der Waals surface area contributed by atoms with Crippen molar-refractivity contribution in [2.75, 3.05) is 18.5 Å². The number of unbranched alkanes of at least 4 members (excludes halogenated alkanes) is 1. The molecule has 0 aromatic carbocycles. The van der Waals surface area contributed by atoms with Crippen molar-refractivity contribution in [2.24, 2.45) is 5.73 Å². The fourth-order valence-electron chi connectivity index (χ4n) is 1.65. The van der Waals surface area contributed by atoms with Gasteiger partial charge in [0.2, 0.25) is 0 Å². The standard InChI is InChI=1S/C14H23N3/c1-4-6-7-10-17(3)12-8-9-14(16-11-12)13(15)5-2/h4,8-9,11,13H,1,5-7,10,15H2,2-3H3/t13-/m1/s1. The lowest BCUT2D eigenvalue weighted by Crippen LogP contribution is -2.19. The van der Waals surface area contributed by atoms with Crippen molar-refractivity contribution >= 4 is 5.69 Å². The summed E-state index contributed by atoms with van der Waals surface area (Å²) < 4.78 is 0. The van der Waals surface area contributed by atoms with Crippen molar-refractivity contribution in [3.8, 4) is 0 Å². The lowest BCUT2D eigenvalue weighted by atomic mass is 10.1. The van der Waals surface area contributed by atoms with Crippen molar-refractivity contribution < 1.29 is 0 Å². The van der Waals surface area contributed by atoms with E-state index in [0.29, 0.717) is 0 Å². The van der Waals surface area contributed by atoms with E-state index in [4.69, 9.17) is 5.73 Å². The third-order valence-electron chi connectivity index (χ3n) is 2.93. The van der Waals surface area contributed by atoms with Gasteiger partial charge >= 0.3 is 0 Å². The molecule has 0 aliphatic carbocycles. The Bertz CT molecular complexity index is 332. The Labute approximate surface area is 104 Å². The van der Waals surface area contributed by atoms with Crippen molar-refractivity contribution in [1.29, 1.82) is 0 Å². The van der Waals surface area contributed by atoms with E-state index in [1.165, 1.54) is 0 Å². The molecular weight excluding hydrogens is 210 g/mol. The predicted molar refractivity (Wildman–Crippen MR) is 74.2 cm³/mol. The summed E-state index contributed by atoms with van der Waals surface area (Å²) in [5.41, 5.74) is 8.04. The van der Waals surface area contributed by atoms with Crippen molar-refractivity contribution in [3.63, 3.8) is 0 Å². The van der Waals surface area contributed by atoms with Crippen molar-refractivity contribution in [3.05, 3.63) is 36.7 Å². The molecule has 0 saturated heterocycles. The Balaban J connectivity index is 2.57. The van der Waals surface area contributed by atoms with Gasteiger partial charge in [0.1, 0.15) is 0 Å². The summed E-state index contributed by atoms with van der Waals surface area (Å²) in [6.07, 6.45) is 6.95. The van der Waals surface area contributed by atoms with E-state index in [0.717, 1.165) is 37.2 Å². The number of aromatic nitrogens is 1. The van der Waals surface area contributed by atoms with E-state index in [-0.39, 0.29) is 6.04 Å². The van der Waals surface area contributed by atoms with Crippen LogP contribution in [0.2, 0.25) is 0 Å². The first-order valence-corrected chi connectivity index (χ1v) is 6.22. The zero-order valence-corrected chi connectivity index (χ0v) is 10.9. The third kappa shape index (κ3) is 4.19. The van der Waals surface area contributed by atoms with Gasteiger partial charge in [-0.3, -0.25) is 4.98 Å². The molecule has 1 aromatic heterocycles. The molecule has 3 nitrogen and oxygen atoms in total. The van der Waals surface area contributed by atoms with Crippen LogP contribution in [0.3, 0.4) is 0 Å². The molecule has 0 saturated carbocycles. The highest BCUT2D eigenvalue weighted by Crippen LogP contribution is 2.16. The quantitative estimate of drug-likeness (QED) is 0.581. The van der Waals surface area contributed by atoms with E-state index in [9.17, 15) is 0 Å². The molecule has 2 N–H and O–H groups in total. The van der Waals surface area contributed by atoms with Crippen LogP contribution in [-0.2, 0) is 0 Å². The van der Waals surface area contributed by atoms with Gasteiger partial charge in [-0.05, 0) is 31.4 Å².